The molecule has 0 aliphatic carbocycles. The molecule has 1 unspecified atom stereocenters. The molecule has 0 aromatic heterocycles. The summed E-state index contributed by atoms with van der Waals surface area (Å²) < 4.78 is 0. The first-order valence-electron chi connectivity index (χ1n) is 6.43. The Morgan fingerprint density at radius 2 is 1.69 bits per heavy atom. The Morgan fingerprint density at radius 1 is 1.25 bits per heavy atom. The van der Waals surface area contributed by atoms with E-state index in [4.69, 9.17) is 0 Å². The second kappa shape index (κ2) is 10.1. The summed E-state index contributed by atoms with van der Waals surface area (Å²) in [7, 11) is 1.96. The molecule has 2 N–H and O–H groups in total. The van der Waals surface area contributed by atoms with Gasteiger partial charge in [-0.2, -0.15) is 5.06 Å². The largest absolute Gasteiger partial charge is 0.317 e. The van der Waals surface area contributed by atoms with Gasteiger partial charge in [-0.15, -0.1) is 0 Å². The average Bonchev–Trinajstić information content (AvgIpc) is 2.17. The quantitative estimate of drug-likeness (QED) is 0.714. The van der Waals surface area contributed by atoms with Gasteiger partial charge >= 0.3 is 0 Å². The molecule has 100 valence electrons. The fourth-order valence-corrected chi connectivity index (χ4v) is 1.03. The minimum Gasteiger partial charge on any atom is -0.317 e. The Bertz CT molecular complexity index is 143. The number of nitrogens with one attached hydrogen (secondary N) is 1. The van der Waals surface area contributed by atoms with Crippen molar-refractivity contribution in [2.45, 2.75) is 72.4 Å². The summed E-state index contributed by atoms with van der Waals surface area (Å²) in [6.07, 6.45) is 3.37. The van der Waals surface area contributed by atoms with Crippen LogP contribution >= 0.6 is 0 Å². The molecule has 0 rings (SSSR count). The highest BCUT2D eigenvalue weighted by atomic mass is 16.5. The van der Waals surface area contributed by atoms with Crippen molar-refractivity contribution in [2.75, 3.05) is 13.6 Å². The molecule has 0 spiro atoms. The first kappa shape index (κ1) is 18.3. The molecule has 0 aromatic rings. The van der Waals surface area contributed by atoms with E-state index in [2.05, 4.69) is 26.1 Å². The van der Waals surface area contributed by atoms with E-state index in [1.807, 2.05) is 27.8 Å². The molecule has 0 aliphatic heterocycles. The predicted octanol–water partition coefficient (Wildman–Crippen LogP) is 3.28. The molecular formula is C13H32N2O. The van der Waals surface area contributed by atoms with Crippen molar-refractivity contribution in [3.63, 3.8) is 0 Å². The minimum absolute atomic E-state index is 0.136. The molecule has 0 radical (unpaired) electrons. The highest BCUT2D eigenvalue weighted by molar-refractivity contribution is 4.69. The summed E-state index contributed by atoms with van der Waals surface area (Å²) in [6, 6.07) is 0.536. The summed E-state index contributed by atoms with van der Waals surface area (Å²) in [6.45, 7) is 13.2. The van der Waals surface area contributed by atoms with Crippen LogP contribution in [0.2, 0.25) is 0 Å². The second-order valence-corrected chi connectivity index (χ2v) is 5.33. The third-order valence-corrected chi connectivity index (χ3v) is 2.27. The molecule has 0 saturated carbocycles. The van der Waals surface area contributed by atoms with Crippen molar-refractivity contribution in [1.29, 1.82) is 0 Å². The fourth-order valence-electron chi connectivity index (χ4n) is 1.03. The SMILES string of the molecule is CCC.CNC(C)CCCN(O)C(C)(C)C. The molecule has 0 bridgehead atoms. The van der Waals surface area contributed by atoms with Gasteiger partial charge in [-0.1, -0.05) is 20.3 Å². The summed E-state index contributed by atoms with van der Waals surface area (Å²) >= 11 is 0. The zero-order chi connectivity index (χ0) is 13.2. The minimum atomic E-state index is -0.136. The van der Waals surface area contributed by atoms with Crippen LogP contribution in [-0.2, 0) is 0 Å². The van der Waals surface area contributed by atoms with Crippen molar-refractivity contribution in [3.8, 4) is 0 Å². The first-order valence-corrected chi connectivity index (χ1v) is 6.43. The Kier molecular flexibility index (Phi) is 11.5. The summed E-state index contributed by atoms with van der Waals surface area (Å²) in [5, 5.41) is 14.2. The molecular weight excluding hydrogens is 200 g/mol. The smallest absolute Gasteiger partial charge is 0.0376 e. The van der Waals surface area contributed by atoms with Gasteiger partial charge in [-0.05, 0) is 47.6 Å². The second-order valence-electron chi connectivity index (χ2n) is 5.33. The Morgan fingerprint density at radius 3 is 2.00 bits per heavy atom. The standard InChI is InChI=1S/C10H24N2O.C3H8/c1-9(11-5)7-6-8-12(13)10(2,3)4;1-3-2/h9,11,13H,6-8H2,1-5H3;3H2,1-2H3. The number of rotatable bonds is 5. The summed E-state index contributed by atoms with van der Waals surface area (Å²) in [4.78, 5) is 0. The molecule has 0 heterocycles. The number of nitrogens with zero attached hydrogens (tertiary/aromatic N) is 1. The topological polar surface area (TPSA) is 35.5 Å². The average molecular weight is 232 g/mol. The van der Waals surface area contributed by atoms with Gasteiger partial charge in [0.25, 0.3) is 0 Å². The summed E-state index contributed by atoms with van der Waals surface area (Å²) in [5.41, 5.74) is -0.136. The third kappa shape index (κ3) is 12.0. The molecule has 0 fully saturated rings. The third-order valence-electron chi connectivity index (χ3n) is 2.27. The maximum atomic E-state index is 9.58. The van der Waals surface area contributed by atoms with E-state index in [9.17, 15) is 5.21 Å². The molecule has 0 aromatic carbocycles. The maximum absolute atomic E-state index is 9.58. The van der Waals surface area contributed by atoms with Gasteiger partial charge in [0.1, 0.15) is 0 Å². The predicted molar refractivity (Wildman–Crippen MR) is 72.0 cm³/mol. The van der Waals surface area contributed by atoms with Crippen LogP contribution in [0, 0.1) is 0 Å². The van der Waals surface area contributed by atoms with Gasteiger partial charge < -0.3 is 10.5 Å². The number of hydroxylamine groups is 2. The Balaban J connectivity index is 0. The monoisotopic (exact) mass is 232 g/mol. The van der Waals surface area contributed by atoms with E-state index in [-0.39, 0.29) is 5.54 Å². The fraction of sp³-hybridized carbons (Fsp3) is 1.00. The molecule has 0 saturated heterocycles. The van der Waals surface area contributed by atoms with Gasteiger partial charge in [0.2, 0.25) is 0 Å². The van der Waals surface area contributed by atoms with E-state index in [0.29, 0.717) is 6.04 Å². The van der Waals surface area contributed by atoms with Crippen LogP contribution in [0.4, 0.5) is 0 Å². The highest BCUT2D eigenvalue weighted by Gasteiger charge is 2.18. The zero-order valence-corrected chi connectivity index (χ0v) is 12.3. The van der Waals surface area contributed by atoms with Crippen LogP contribution < -0.4 is 5.32 Å². The lowest BCUT2D eigenvalue weighted by Crippen LogP contribution is -2.39. The van der Waals surface area contributed by atoms with Crippen LogP contribution in [0.3, 0.4) is 0 Å². The number of hydrogen-bond acceptors (Lipinski definition) is 3. The lowest BCUT2D eigenvalue weighted by atomic mass is 10.1. The van der Waals surface area contributed by atoms with Gasteiger partial charge in [-0.25, -0.2) is 0 Å². The molecule has 3 heteroatoms. The van der Waals surface area contributed by atoms with Crippen LogP contribution in [0.5, 0.6) is 0 Å². The van der Waals surface area contributed by atoms with Crippen molar-refractivity contribution < 1.29 is 5.21 Å². The molecule has 3 nitrogen and oxygen atoms in total. The Labute approximate surface area is 102 Å². The first-order chi connectivity index (χ1) is 7.29. The lowest BCUT2D eigenvalue weighted by molar-refractivity contribution is -0.156. The van der Waals surface area contributed by atoms with E-state index in [0.717, 1.165) is 19.4 Å². The Hall–Kier alpha value is -0.120. The van der Waals surface area contributed by atoms with Crippen molar-refractivity contribution in [3.05, 3.63) is 0 Å². The van der Waals surface area contributed by atoms with Crippen LogP contribution in [0.1, 0.15) is 60.8 Å². The normalized spacial score (nSPS) is 13.3. The van der Waals surface area contributed by atoms with E-state index >= 15 is 0 Å². The van der Waals surface area contributed by atoms with Crippen LogP contribution in [0.25, 0.3) is 0 Å². The van der Waals surface area contributed by atoms with Gasteiger partial charge in [0.05, 0.1) is 0 Å². The van der Waals surface area contributed by atoms with Gasteiger partial charge in [0.15, 0.2) is 0 Å². The molecule has 0 amide bonds. The molecule has 16 heavy (non-hydrogen) atoms. The van der Waals surface area contributed by atoms with Crippen LogP contribution in [0.15, 0.2) is 0 Å². The van der Waals surface area contributed by atoms with Gasteiger partial charge in [-0.3, -0.25) is 0 Å². The maximum Gasteiger partial charge on any atom is 0.0376 e. The van der Waals surface area contributed by atoms with Crippen molar-refractivity contribution >= 4 is 0 Å². The molecule has 0 aliphatic rings. The number of hydrogen-bond donors (Lipinski definition) is 2. The molecule has 1 atom stereocenters. The van der Waals surface area contributed by atoms with E-state index < -0.39 is 0 Å². The summed E-state index contributed by atoms with van der Waals surface area (Å²) in [5.74, 6) is 0. The van der Waals surface area contributed by atoms with Crippen molar-refractivity contribution in [2.24, 2.45) is 0 Å². The van der Waals surface area contributed by atoms with Crippen LogP contribution in [-0.4, -0.2) is 35.4 Å². The van der Waals surface area contributed by atoms with Gasteiger partial charge in [0, 0.05) is 18.1 Å². The van der Waals surface area contributed by atoms with E-state index in [1.54, 1.807) is 0 Å². The van der Waals surface area contributed by atoms with E-state index in [1.165, 1.54) is 11.5 Å². The zero-order valence-electron chi connectivity index (χ0n) is 12.3. The highest BCUT2D eigenvalue weighted by Crippen LogP contribution is 2.11. The lowest BCUT2D eigenvalue weighted by Gasteiger charge is -2.29. The van der Waals surface area contributed by atoms with Crippen molar-refractivity contribution in [1.82, 2.24) is 10.4 Å².